The molecule has 0 aliphatic heterocycles. The highest BCUT2D eigenvalue weighted by atomic mass is 16.1. The predicted molar refractivity (Wildman–Crippen MR) is 95.9 cm³/mol. The number of benzene rings is 2. The first-order valence-corrected chi connectivity index (χ1v) is 8.01. The van der Waals surface area contributed by atoms with E-state index >= 15 is 0 Å². The first kappa shape index (κ1) is 15.3. The number of hydrogen-bond donors (Lipinski definition) is 1. The average Bonchev–Trinajstić information content (AvgIpc) is 2.93. The van der Waals surface area contributed by atoms with Crippen molar-refractivity contribution in [3.05, 3.63) is 65.4 Å². The lowest BCUT2D eigenvalue weighted by atomic mass is 10.1. The topological polar surface area (TPSA) is 34.0 Å². The first-order chi connectivity index (χ1) is 11.1. The summed E-state index contributed by atoms with van der Waals surface area (Å²) in [7, 11) is 0. The molecule has 3 aromatic rings. The number of aromatic nitrogens is 1. The lowest BCUT2D eigenvalue weighted by molar-refractivity contribution is -0.116. The summed E-state index contributed by atoms with van der Waals surface area (Å²) in [5, 5.41) is 4.16. The van der Waals surface area contributed by atoms with Crippen LogP contribution in [0, 0.1) is 13.8 Å². The molecule has 1 N–H and O–H groups in total. The van der Waals surface area contributed by atoms with E-state index in [2.05, 4.69) is 50.4 Å². The largest absolute Gasteiger partial charge is 0.338 e. The summed E-state index contributed by atoms with van der Waals surface area (Å²) in [4.78, 5) is 12.3. The fourth-order valence-electron chi connectivity index (χ4n) is 2.78. The van der Waals surface area contributed by atoms with E-state index in [0.717, 1.165) is 17.6 Å². The maximum Gasteiger partial charge on any atom is 0.244 e. The van der Waals surface area contributed by atoms with E-state index in [4.69, 9.17) is 0 Å². The van der Waals surface area contributed by atoms with Gasteiger partial charge in [0, 0.05) is 17.4 Å². The van der Waals surface area contributed by atoms with Crippen LogP contribution in [0.3, 0.4) is 0 Å². The van der Waals surface area contributed by atoms with E-state index in [1.54, 1.807) is 0 Å². The third-order valence-electron chi connectivity index (χ3n) is 4.35. The van der Waals surface area contributed by atoms with Gasteiger partial charge in [-0.2, -0.15) is 0 Å². The van der Waals surface area contributed by atoms with Crippen molar-refractivity contribution < 1.29 is 4.79 Å². The Hall–Kier alpha value is -2.55. The number of aryl methyl sites for hydroxylation is 3. The highest BCUT2D eigenvalue weighted by molar-refractivity contribution is 5.92. The van der Waals surface area contributed by atoms with Crippen LogP contribution in [-0.4, -0.2) is 10.5 Å². The SMILES string of the molecule is CCc1ccc2c(ccn2CC(=O)Nc2ccc(C)c(C)c2)c1. The molecule has 3 rings (SSSR count). The van der Waals surface area contributed by atoms with Gasteiger partial charge >= 0.3 is 0 Å². The molecule has 0 aliphatic carbocycles. The van der Waals surface area contributed by atoms with Gasteiger partial charge in [0.2, 0.25) is 5.91 Å². The van der Waals surface area contributed by atoms with Crippen LogP contribution >= 0.6 is 0 Å². The molecule has 0 saturated heterocycles. The standard InChI is InChI=1S/C20H22N2O/c1-4-16-6-8-19-17(12-16)9-10-22(19)13-20(23)21-18-7-5-14(2)15(3)11-18/h5-12H,4,13H2,1-3H3,(H,21,23). The summed E-state index contributed by atoms with van der Waals surface area (Å²) in [6, 6.07) is 14.5. The minimum absolute atomic E-state index is 0.00896. The van der Waals surface area contributed by atoms with E-state index < -0.39 is 0 Å². The van der Waals surface area contributed by atoms with E-state index in [0.29, 0.717) is 6.54 Å². The first-order valence-electron chi connectivity index (χ1n) is 8.01. The molecular formula is C20H22N2O. The normalized spacial score (nSPS) is 10.9. The zero-order chi connectivity index (χ0) is 16.4. The molecule has 1 aromatic heterocycles. The second kappa shape index (κ2) is 6.29. The number of hydrogen-bond acceptors (Lipinski definition) is 1. The Balaban J connectivity index is 1.76. The van der Waals surface area contributed by atoms with Crippen LogP contribution in [0.15, 0.2) is 48.7 Å². The van der Waals surface area contributed by atoms with Crippen molar-refractivity contribution in [2.75, 3.05) is 5.32 Å². The Bertz CT molecular complexity index is 861. The second-order valence-electron chi connectivity index (χ2n) is 6.04. The van der Waals surface area contributed by atoms with E-state index in [1.807, 2.05) is 29.0 Å². The number of rotatable bonds is 4. The van der Waals surface area contributed by atoms with Crippen molar-refractivity contribution in [3.8, 4) is 0 Å². The average molecular weight is 306 g/mol. The van der Waals surface area contributed by atoms with Crippen LogP contribution in [-0.2, 0) is 17.8 Å². The Morgan fingerprint density at radius 2 is 1.87 bits per heavy atom. The second-order valence-corrected chi connectivity index (χ2v) is 6.04. The number of carbonyl (C=O) groups excluding carboxylic acids is 1. The molecule has 1 amide bonds. The van der Waals surface area contributed by atoms with Gasteiger partial charge in [0.1, 0.15) is 6.54 Å². The third-order valence-corrected chi connectivity index (χ3v) is 4.35. The summed E-state index contributed by atoms with van der Waals surface area (Å²) in [6.45, 7) is 6.59. The minimum atomic E-state index is -0.00896. The van der Waals surface area contributed by atoms with Crippen LogP contribution in [0.2, 0.25) is 0 Å². The van der Waals surface area contributed by atoms with E-state index in [9.17, 15) is 4.79 Å². The van der Waals surface area contributed by atoms with Crippen molar-refractivity contribution in [2.24, 2.45) is 0 Å². The summed E-state index contributed by atoms with van der Waals surface area (Å²) >= 11 is 0. The molecule has 3 heteroatoms. The van der Waals surface area contributed by atoms with Crippen LogP contribution in [0.4, 0.5) is 5.69 Å². The van der Waals surface area contributed by atoms with Gasteiger partial charge in [0.15, 0.2) is 0 Å². The Morgan fingerprint density at radius 1 is 1.04 bits per heavy atom. The van der Waals surface area contributed by atoms with Gasteiger partial charge in [0.25, 0.3) is 0 Å². The lowest BCUT2D eigenvalue weighted by Gasteiger charge is -2.09. The zero-order valence-electron chi connectivity index (χ0n) is 13.9. The fraction of sp³-hybridized carbons (Fsp3) is 0.250. The molecule has 0 radical (unpaired) electrons. The van der Waals surface area contributed by atoms with Crippen LogP contribution in [0.25, 0.3) is 10.9 Å². The van der Waals surface area contributed by atoms with Gasteiger partial charge in [-0.3, -0.25) is 4.79 Å². The molecule has 0 saturated carbocycles. The molecule has 1 heterocycles. The number of fused-ring (bicyclic) bond motifs is 1. The number of amides is 1. The van der Waals surface area contributed by atoms with Gasteiger partial charge in [0.05, 0.1) is 0 Å². The molecule has 0 atom stereocenters. The zero-order valence-corrected chi connectivity index (χ0v) is 13.9. The Morgan fingerprint density at radius 3 is 2.61 bits per heavy atom. The molecule has 2 aromatic carbocycles. The molecule has 0 bridgehead atoms. The summed E-state index contributed by atoms with van der Waals surface area (Å²) in [5.41, 5.74) is 5.67. The minimum Gasteiger partial charge on any atom is -0.338 e. The summed E-state index contributed by atoms with van der Waals surface area (Å²) < 4.78 is 1.99. The van der Waals surface area contributed by atoms with Crippen LogP contribution in [0.5, 0.6) is 0 Å². The smallest absolute Gasteiger partial charge is 0.244 e. The molecule has 0 spiro atoms. The van der Waals surface area contributed by atoms with E-state index in [1.165, 1.54) is 22.1 Å². The van der Waals surface area contributed by atoms with E-state index in [-0.39, 0.29) is 5.91 Å². The summed E-state index contributed by atoms with van der Waals surface area (Å²) in [6.07, 6.45) is 3.00. The molecule has 3 nitrogen and oxygen atoms in total. The Kier molecular flexibility index (Phi) is 4.20. The quantitative estimate of drug-likeness (QED) is 0.758. The van der Waals surface area contributed by atoms with Crippen molar-refractivity contribution in [1.82, 2.24) is 4.57 Å². The number of nitrogens with zero attached hydrogens (tertiary/aromatic N) is 1. The Labute approximate surface area is 136 Å². The van der Waals surface area contributed by atoms with Gasteiger partial charge in [-0.1, -0.05) is 19.1 Å². The number of nitrogens with one attached hydrogen (secondary N) is 1. The van der Waals surface area contributed by atoms with Crippen LogP contribution in [0.1, 0.15) is 23.6 Å². The number of carbonyl (C=O) groups is 1. The third kappa shape index (κ3) is 3.29. The molecule has 0 unspecified atom stereocenters. The number of anilines is 1. The molecule has 0 aliphatic rings. The lowest BCUT2D eigenvalue weighted by Crippen LogP contribution is -2.18. The highest BCUT2D eigenvalue weighted by Crippen LogP contribution is 2.19. The summed E-state index contributed by atoms with van der Waals surface area (Å²) in [5.74, 6) is -0.00896. The van der Waals surface area contributed by atoms with Crippen molar-refractivity contribution in [1.29, 1.82) is 0 Å². The van der Waals surface area contributed by atoms with Gasteiger partial charge < -0.3 is 9.88 Å². The van der Waals surface area contributed by atoms with Crippen molar-refractivity contribution in [2.45, 2.75) is 33.7 Å². The predicted octanol–water partition coefficient (Wildman–Crippen LogP) is 4.46. The van der Waals surface area contributed by atoms with Crippen LogP contribution < -0.4 is 5.32 Å². The maximum atomic E-state index is 12.3. The molecule has 118 valence electrons. The monoisotopic (exact) mass is 306 g/mol. The molecular weight excluding hydrogens is 284 g/mol. The molecule has 0 fully saturated rings. The highest BCUT2D eigenvalue weighted by Gasteiger charge is 2.07. The maximum absolute atomic E-state index is 12.3. The fourth-order valence-corrected chi connectivity index (χ4v) is 2.78. The molecule has 23 heavy (non-hydrogen) atoms. The van der Waals surface area contributed by atoms with Crippen molar-refractivity contribution in [3.63, 3.8) is 0 Å². The van der Waals surface area contributed by atoms with Crippen molar-refractivity contribution >= 4 is 22.5 Å². The van der Waals surface area contributed by atoms with Gasteiger partial charge in [-0.25, -0.2) is 0 Å². The van der Waals surface area contributed by atoms with Gasteiger partial charge in [-0.05, 0) is 72.7 Å². The van der Waals surface area contributed by atoms with Gasteiger partial charge in [-0.15, -0.1) is 0 Å².